The largest absolute Gasteiger partial charge is 0.456 e. The Balaban J connectivity index is 1.48. The van der Waals surface area contributed by atoms with Gasteiger partial charge in [-0.05, 0) is 100 Å². The van der Waals surface area contributed by atoms with E-state index in [-0.39, 0.29) is 71.4 Å². The SMILES string of the molecule is [2H]c1c([2H])c([2H])c2c(cc([2H])c3oc4c([2H])c([2H])c(-c5c6c([2H])c([2H])c([2H])c([2H])c6c(-c6ccc7c(ccc8ccccc87)c6)c6c([2H])c([2H])c([2H])c([2H])c56)c([2H])c4c32)c1[2H]. The average Bonchev–Trinajstić information content (AvgIpc) is 3.67. The zero-order valence-electron chi connectivity index (χ0n) is 39.2. The van der Waals surface area contributed by atoms with Gasteiger partial charge in [0.1, 0.15) is 11.2 Å². The quantitative estimate of drug-likeness (QED) is 0.145. The van der Waals surface area contributed by atoms with E-state index in [2.05, 4.69) is 0 Å². The second kappa shape index (κ2) is 9.29. The van der Waals surface area contributed by atoms with Crippen molar-refractivity contribution in [2.24, 2.45) is 0 Å². The molecule has 1 heteroatoms. The lowest BCUT2D eigenvalue weighted by Crippen LogP contribution is -1.91. The van der Waals surface area contributed by atoms with E-state index in [0.29, 0.717) is 5.56 Å². The van der Waals surface area contributed by atoms with Crippen molar-refractivity contribution < 1.29 is 26.3 Å². The second-order valence-corrected chi connectivity index (χ2v) is 10.8. The molecule has 0 saturated carbocycles. The van der Waals surface area contributed by atoms with Crippen molar-refractivity contribution in [2.75, 3.05) is 0 Å². The molecule has 0 amide bonds. The highest BCUT2D eigenvalue weighted by Gasteiger charge is 2.18. The van der Waals surface area contributed by atoms with Crippen LogP contribution in [-0.4, -0.2) is 0 Å². The Morgan fingerprint density at radius 3 is 1.82 bits per heavy atom. The molecular weight excluding hydrogens is 544 g/mol. The first-order valence-electron chi connectivity index (χ1n) is 22.2. The normalized spacial score (nSPS) is 17.0. The summed E-state index contributed by atoms with van der Waals surface area (Å²) in [6.45, 7) is 0. The predicted molar refractivity (Wildman–Crippen MR) is 192 cm³/mol. The Morgan fingerprint density at radius 2 is 1.04 bits per heavy atom. The second-order valence-electron chi connectivity index (χ2n) is 10.8. The number of hydrogen-bond donors (Lipinski definition) is 0. The lowest BCUT2D eigenvalue weighted by molar-refractivity contribution is 0.669. The molecule has 10 rings (SSSR count). The predicted octanol–water partition coefficient (Wildman–Crippen LogP) is 12.7. The molecule has 0 atom stereocenters. The monoisotopic (exact) mass is 586 g/mol. The molecule has 0 radical (unpaired) electrons. The highest BCUT2D eigenvalue weighted by Crippen LogP contribution is 2.46. The maximum Gasteiger partial charge on any atom is 0.136 e. The molecular formula is C44H26O. The minimum atomic E-state index is -0.699. The first-order chi connectivity index (χ1) is 29.0. The maximum absolute atomic E-state index is 9.84. The van der Waals surface area contributed by atoms with Crippen molar-refractivity contribution in [3.8, 4) is 22.3 Å². The van der Waals surface area contributed by atoms with Crippen LogP contribution >= 0.6 is 0 Å². The summed E-state index contributed by atoms with van der Waals surface area (Å²) < 4.78 is 150. The summed E-state index contributed by atoms with van der Waals surface area (Å²) >= 11 is 0. The molecule has 0 aliphatic heterocycles. The zero-order chi connectivity index (χ0) is 43.4. The molecule has 0 aliphatic carbocycles. The van der Waals surface area contributed by atoms with Crippen LogP contribution in [0.25, 0.3) is 98.1 Å². The van der Waals surface area contributed by atoms with Crippen molar-refractivity contribution in [3.63, 3.8) is 0 Å². The van der Waals surface area contributed by atoms with Gasteiger partial charge in [-0.25, -0.2) is 0 Å². The number of fused-ring (bicyclic) bond motifs is 10. The summed E-state index contributed by atoms with van der Waals surface area (Å²) in [7, 11) is 0. The summed E-state index contributed by atoms with van der Waals surface area (Å²) in [4.78, 5) is 0. The lowest BCUT2D eigenvalue weighted by Gasteiger charge is -2.18. The standard InChI is InChI=1S/C44H26O/c1-3-11-32-27(9-1)17-18-29-25-30(19-22-33(29)32)42-35-13-5-7-15-37(35)43(38-16-8-6-14-36(38)42)31-21-23-40-39(26-31)44-34-12-4-2-10-28(34)20-24-41(44)45-40/h1-26H/i2D,4D,5D,6D,7D,8D,10D,12D,13D,14D,15D,16D,21D,23D,24D,26D. The Kier molecular flexibility index (Phi) is 2.85. The highest BCUT2D eigenvalue weighted by molar-refractivity contribution is 6.24. The van der Waals surface area contributed by atoms with Gasteiger partial charge in [-0.15, -0.1) is 0 Å². The highest BCUT2D eigenvalue weighted by atomic mass is 16.3. The van der Waals surface area contributed by atoms with E-state index in [0.717, 1.165) is 21.5 Å². The molecule has 0 bridgehead atoms. The Morgan fingerprint density at radius 1 is 0.400 bits per heavy atom. The van der Waals surface area contributed by atoms with Crippen LogP contribution in [0.1, 0.15) is 21.9 Å². The Labute approximate surface area is 282 Å². The Bertz CT molecular complexity index is 3640. The molecule has 1 nitrogen and oxygen atoms in total. The van der Waals surface area contributed by atoms with E-state index >= 15 is 0 Å². The number of hydrogen-bond acceptors (Lipinski definition) is 1. The van der Waals surface area contributed by atoms with E-state index in [1.54, 1.807) is 12.1 Å². The van der Waals surface area contributed by atoms with E-state index < -0.39 is 96.2 Å². The first-order valence-corrected chi connectivity index (χ1v) is 14.2. The van der Waals surface area contributed by atoms with Gasteiger partial charge in [0.15, 0.2) is 0 Å². The lowest BCUT2D eigenvalue weighted by atomic mass is 9.85. The minimum absolute atomic E-state index is 0.0580. The summed E-state index contributed by atoms with van der Waals surface area (Å²) in [5, 5.41) is 2.11. The van der Waals surface area contributed by atoms with Crippen LogP contribution < -0.4 is 0 Å². The van der Waals surface area contributed by atoms with Crippen LogP contribution in [0.15, 0.2) is 162 Å². The van der Waals surface area contributed by atoms with E-state index in [4.69, 9.17) is 16.8 Å². The molecule has 0 aliphatic rings. The van der Waals surface area contributed by atoms with Gasteiger partial charge in [0.05, 0.1) is 21.9 Å². The summed E-state index contributed by atoms with van der Waals surface area (Å²) in [5.41, 5.74) is -0.970. The van der Waals surface area contributed by atoms with Crippen LogP contribution in [0.4, 0.5) is 0 Å². The van der Waals surface area contributed by atoms with Crippen molar-refractivity contribution in [1.82, 2.24) is 0 Å². The van der Waals surface area contributed by atoms with Crippen molar-refractivity contribution >= 4 is 75.8 Å². The van der Waals surface area contributed by atoms with Gasteiger partial charge in [-0.1, -0.05) is 133 Å². The molecule has 0 unspecified atom stereocenters. The van der Waals surface area contributed by atoms with Gasteiger partial charge in [0.25, 0.3) is 0 Å². The van der Waals surface area contributed by atoms with Crippen molar-refractivity contribution in [2.45, 2.75) is 0 Å². The minimum Gasteiger partial charge on any atom is -0.456 e. The molecule has 9 aromatic carbocycles. The van der Waals surface area contributed by atoms with Crippen LogP contribution in [0.3, 0.4) is 0 Å². The van der Waals surface area contributed by atoms with Crippen LogP contribution in [0.5, 0.6) is 0 Å². The van der Waals surface area contributed by atoms with Gasteiger partial charge >= 0.3 is 0 Å². The van der Waals surface area contributed by atoms with Crippen molar-refractivity contribution in [3.05, 3.63) is 157 Å². The van der Waals surface area contributed by atoms with E-state index in [9.17, 15) is 9.60 Å². The van der Waals surface area contributed by atoms with Gasteiger partial charge < -0.3 is 4.42 Å². The third kappa shape index (κ3) is 3.56. The van der Waals surface area contributed by atoms with Gasteiger partial charge in [-0.3, -0.25) is 0 Å². The number of furan rings is 1. The Hall–Kier alpha value is -5.92. The van der Waals surface area contributed by atoms with Crippen molar-refractivity contribution in [1.29, 1.82) is 0 Å². The third-order valence-electron chi connectivity index (χ3n) is 8.43. The summed E-state index contributed by atoms with van der Waals surface area (Å²) in [6, 6.07) is 8.61. The molecule has 0 N–H and O–H groups in total. The molecule has 0 spiro atoms. The number of benzene rings is 9. The van der Waals surface area contributed by atoms with E-state index in [1.807, 2.05) is 42.5 Å². The number of rotatable bonds is 2. The van der Waals surface area contributed by atoms with Crippen LogP contribution in [0, 0.1) is 0 Å². The fraction of sp³-hybridized carbons (Fsp3) is 0. The van der Waals surface area contributed by atoms with Crippen LogP contribution in [-0.2, 0) is 0 Å². The van der Waals surface area contributed by atoms with Gasteiger partial charge in [-0.2, -0.15) is 0 Å². The molecule has 0 fully saturated rings. The fourth-order valence-electron chi connectivity index (χ4n) is 6.48. The molecule has 1 heterocycles. The van der Waals surface area contributed by atoms with Gasteiger partial charge in [0.2, 0.25) is 0 Å². The molecule has 10 aromatic rings. The first kappa shape index (κ1) is 13.8. The third-order valence-corrected chi connectivity index (χ3v) is 8.43. The topological polar surface area (TPSA) is 13.1 Å². The molecule has 45 heavy (non-hydrogen) atoms. The van der Waals surface area contributed by atoms with E-state index in [1.165, 1.54) is 6.07 Å². The molecule has 0 saturated heterocycles. The van der Waals surface area contributed by atoms with Gasteiger partial charge in [0, 0.05) is 10.8 Å². The maximum atomic E-state index is 9.84. The average molecular weight is 587 g/mol. The zero-order valence-corrected chi connectivity index (χ0v) is 23.2. The van der Waals surface area contributed by atoms with Crippen LogP contribution in [0.2, 0.25) is 0 Å². The summed E-state index contributed by atoms with van der Waals surface area (Å²) in [6.07, 6.45) is 0. The molecule has 208 valence electrons. The molecule has 1 aromatic heterocycles. The fourth-order valence-corrected chi connectivity index (χ4v) is 6.48. The smallest absolute Gasteiger partial charge is 0.136 e. The summed E-state index contributed by atoms with van der Waals surface area (Å²) in [5.74, 6) is 0.